The van der Waals surface area contributed by atoms with Gasteiger partial charge in [0.2, 0.25) is 0 Å². The lowest BCUT2D eigenvalue weighted by atomic mass is 9.91. The molecule has 3 heterocycles. The highest BCUT2D eigenvalue weighted by Gasteiger charge is 2.23. The number of fused-ring (bicyclic) bond motifs is 1. The molecule has 2 fully saturated rings. The molecule has 6 heteroatoms. The molecule has 0 radical (unpaired) electrons. The molecule has 0 aliphatic carbocycles. The first-order valence-corrected chi connectivity index (χ1v) is 11.0. The number of hydrogen-bond acceptors (Lipinski definition) is 6. The van der Waals surface area contributed by atoms with Gasteiger partial charge in [-0.25, -0.2) is 9.97 Å². The molecular weight excluding hydrogens is 364 g/mol. The van der Waals surface area contributed by atoms with Crippen molar-refractivity contribution in [1.29, 1.82) is 0 Å². The number of rotatable bonds is 7. The zero-order valence-electron chi connectivity index (χ0n) is 18.1. The Morgan fingerprint density at radius 2 is 1.79 bits per heavy atom. The van der Waals surface area contributed by atoms with E-state index in [2.05, 4.69) is 22.9 Å². The third-order valence-corrected chi connectivity index (χ3v) is 6.30. The Hall–Kier alpha value is -1.92. The minimum atomic E-state index is 0.479. The fourth-order valence-electron chi connectivity index (χ4n) is 4.62. The van der Waals surface area contributed by atoms with E-state index in [4.69, 9.17) is 19.4 Å². The molecule has 0 spiro atoms. The van der Waals surface area contributed by atoms with E-state index in [1.54, 1.807) is 7.11 Å². The number of likely N-dealkylation sites (tertiary alicyclic amines) is 2. The Balaban J connectivity index is 1.53. The molecule has 29 heavy (non-hydrogen) atoms. The van der Waals surface area contributed by atoms with E-state index in [1.165, 1.54) is 31.6 Å². The predicted molar refractivity (Wildman–Crippen MR) is 116 cm³/mol. The Bertz CT molecular complexity index is 827. The van der Waals surface area contributed by atoms with Crippen molar-refractivity contribution in [2.75, 3.05) is 53.5 Å². The van der Waals surface area contributed by atoms with Gasteiger partial charge in [-0.3, -0.25) is 0 Å². The van der Waals surface area contributed by atoms with Gasteiger partial charge in [0.25, 0.3) is 0 Å². The first-order valence-electron chi connectivity index (χ1n) is 11.0. The number of aromatic nitrogens is 2. The summed E-state index contributed by atoms with van der Waals surface area (Å²) in [5, 5.41) is 1.10. The first-order chi connectivity index (χ1) is 14.1. The molecule has 1 aromatic carbocycles. The van der Waals surface area contributed by atoms with E-state index >= 15 is 0 Å². The van der Waals surface area contributed by atoms with Gasteiger partial charge >= 0.3 is 0 Å². The Labute approximate surface area is 174 Å². The summed E-state index contributed by atoms with van der Waals surface area (Å²) in [6.45, 7) is 8.49. The van der Waals surface area contributed by atoms with Crippen LogP contribution in [-0.4, -0.2) is 73.3 Å². The van der Waals surface area contributed by atoms with Gasteiger partial charge in [0.05, 0.1) is 24.9 Å². The molecule has 6 nitrogen and oxygen atoms in total. The summed E-state index contributed by atoms with van der Waals surface area (Å²) in [5.74, 6) is 2.87. The summed E-state index contributed by atoms with van der Waals surface area (Å²) >= 11 is 0. The molecule has 0 atom stereocenters. The van der Waals surface area contributed by atoms with E-state index in [1.807, 2.05) is 13.0 Å². The molecule has 158 valence electrons. The number of piperidine rings is 1. The lowest BCUT2D eigenvalue weighted by Gasteiger charge is -2.29. The largest absolute Gasteiger partial charge is 0.493 e. The number of nitrogens with zero attached hydrogens (tertiary/aromatic N) is 4. The number of aryl methyl sites for hydroxylation is 1. The third-order valence-electron chi connectivity index (χ3n) is 6.30. The molecular formula is C23H34N4O2. The monoisotopic (exact) mass is 398 g/mol. The average Bonchev–Trinajstić information content (AvgIpc) is 3.24. The van der Waals surface area contributed by atoms with Crippen LogP contribution in [0.2, 0.25) is 0 Å². The maximum atomic E-state index is 6.12. The summed E-state index contributed by atoms with van der Waals surface area (Å²) in [6, 6.07) is 4.12. The van der Waals surface area contributed by atoms with Gasteiger partial charge in [-0.1, -0.05) is 0 Å². The van der Waals surface area contributed by atoms with Crippen molar-refractivity contribution in [2.45, 2.75) is 44.9 Å². The highest BCUT2D eigenvalue weighted by Crippen LogP contribution is 2.37. The highest BCUT2D eigenvalue weighted by molar-refractivity contribution is 5.85. The third kappa shape index (κ3) is 4.81. The van der Waals surface area contributed by atoms with Crippen LogP contribution in [0.4, 0.5) is 0 Å². The van der Waals surface area contributed by atoms with Crippen LogP contribution in [0.15, 0.2) is 12.1 Å². The number of ether oxygens (including phenoxy) is 2. The normalized spacial score (nSPS) is 19.1. The van der Waals surface area contributed by atoms with E-state index in [0.29, 0.717) is 12.5 Å². The average molecular weight is 399 g/mol. The quantitative estimate of drug-likeness (QED) is 0.664. The van der Waals surface area contributed by atoms with Crippen LogP contribution in [0.3, 0.4) is 0 Å². The van der Waals surface area contributed by atoms with Crippen LogP contribution in [-0.2, 0) is 0 Å². The zero-order valence-corrected chi connectivity index (χ0v) is 18.1. The van der Waals surface area contributed by atoms with Gasteiger partial charge in [0.15, 0.2) is 11.5 Å². The van der Waals surface area contributed by atoms with Crippen LogP contribution in [0.25, 0.3) is 10.9 Å². The highest BCUT2D eigenvalue weighted by atomic mass is 16.5. The minimum Gasteiger partial charge on any atom is -0.493 e. The van der Waals surface area contributed by atoms with Crippen LogP contribution in [0.5, 0.6) is 11.5 Å². The molecule has 0 bridgehead atoms. The van der Waals surface area contributed by atoms with Crippen molar-refractivity contribution in [1.82, 2.24) is 19.8 Å². The number of benzene rings is 1. The van der Waals surface area contributed by atoms with Crippen molar-refractivity contribution in [3.05, 3.63) is 23.7 Å². The van der Waals surface area contributed by atoms with Gasteiger partial charge < -0.3 is 19.3 Å². The van der Waals surface area contributed by atoms with E-state index in [0.717, 1.165) is 67.1 Å². The maximum Gasteiger partial charge on any atom is 0.163 e. The summed E-state index contributed by atoms with van der Waals surface area (Å²) < 4.78 is 11.8. The molecule has 0 saturated carbocycles. The number of hydrogen-bond donors (Lipinski definition) is 0. The standard InChI is InChI=1S/C23H34N4O2/c1-17-24-20-16-22(29-14-6-11-27-9-4-5-10-27)21(28-3)15-19(20)23(25-17)18-7-12-26(2)13-8-18/h15-16,18H,4-14H2,1-3H3. The Kier molecular flexibility index (Phi) is 6.50. The second-order valence-corrected chi connectivity index (χ2v) is 8.50. The smallest absolute Gasteiger partial charge is 0.163 e. The molecule has 2 saturated heterocycles. The fourth-order valence-corrected chi connectivity index (χ4v) is 4.62. The van der Waals surface area contributed by atoms with Crippen molar-refractivity contribution < 1.29 is 9.47 Å². The molecule has 0 amide bonds. The fraction of sp³-hybridized carbons (Fsp3) is 0.652. The van der Waals surface area contributed by atoms with Crippen molar-refractivity contribution in [2.24, 2.45) is 0 Å². The van der Waals surface area contributed by atoms with Crippen LogP contribution in [0.1, 0.15) is 49.5 Å². The zero-order chi connectivity index (χ0) is 20.2. The van der Waals surface area contributed by atoms with Crippen molar-refractivity contribution in [3.8, 4) is 11.5 Å². The first kappa shape index (κ1) is 20.4. The lowest BCUT2D eigenvalue weighted by molar-refractivity contribution is 0.253. The topological polar surface area (TPSA) is 50.7 Å². The van der Waals surface area contributed by atoms with Gasteiger partial charge in [-0.2, -0.15) is 0 Å². The molecule has 2 aliphatic rings. The summed E-state index contributed by atoms with van der Waals surface area (Å²) in [5.41, 5.74) is 2.13. The molecule has 2 aliphatic heterocycles. The Morgan fingerprint density at radius 1 is 1.03 bits per heavy atom. The van der Waals surface area contributed by atoms with Crippen LogP contribution < -0.4 is 9.47 Å². The lowest BCUT2D eigenvalue weighted by Crippen LogP contribution is -2.29. The van der Waals surface area contributed by atoms with E-state index in [-0.39, 0.29) is 0 Å². The minimum absolute atomic E-state index is 0.479. The van der Waals surface area contributed by atoms with Gasteiger partial charge in [-0.15, -0.1) is 0 Å². The van der Waals surface area contributed by atoms with Gasteiger partial charge in [0.1, 0.15) is 5.82 Å². The van der Waals surface area contributed by atoms with Crippen LogP contribution in [0, 0.1) is 6.92 Å². The Morgan fingerprint density at radius 3 is 2.52 bits per heavy atom. The van der Waals surface area contributed by atoms with E-state index < -0.39 is 0 Å². The predicted octanol–water partition coefficient (Wildman–Crippen LogP) is 3.62. The molecule has 0 N–H and O–H groups in total. The van der Waals surface area contributed by atoms with Gasteiger partial charge in [0, 0.05) is 23.9 Å². The molecule has 2 aromatic rings. The van der Waals surface area contributed by atoms with Crippen molar-refractivity contribution in [3.63, 3.8) is 0 Å². The molecule has 4 rings (SSSR count). The second-order valence-electron chi connectivity index (χ2n) is 8.50. The summed E-state index contributed by atoms with van der Waals surface area (Å²) in [6.07, 6.45) is 5.97. The number of methoxy groups -OCH3 is 1. The summed E-state index contributed by atoms with van der Waals surface area (Å²) in [7, 11) is 3.90. The maximum absolute atomic E-state index is 6.12. The van der Waals surface area contributed by atoms with E-state index in [9.17, 15) is 0 Å². The molecule has 0 unspecified atom stereocenters. The SMILES string of the molecule is COc1cc2c(C3CCN(C)CC3)nc(C)nc2cc1OCCCN1CCCC1. The van der Waals surface area contributed by atoms with Crippen LogP contribution >= 0.6 is 0 Å². The van der Waals surface area contributed by atoms with Gasteiger partial charge in [-0.05, 0) is 78.3 Å². The summed E-state index contributed by atoms with van der Waals surface area (Å²) in [4.78, 5) is 14.5. The second kappa shape index (κ2) is 9.26. The van der Waals surface area contributed by atoms with Crippen molar-refractivity contribution >= 4 is 10.9 Å². The molecule has 1 aromatic heterocycles.